The molecule has 0 saturated carbocycles. The summed E-state index contributed by atoms with van der Waals surface area (Å²) in [6, 6.07) is 6.01. The molecule has 0 aromatic heterocycles. The van der Waals surface area contributed by atoms with Gasteiger partial charge < -0.3 is 25.0 Å². The summed E-state index contributed by atoms with van der Waals surface area (Å²) >= 11 is 0. The first kappa shape index (κ1) is 26.7. The molecule has 0 radical (unpaired) electrons. The highest BCUT2D eigenvalue weighted by Gasteiger charge is 2.31. The second-order valence-electron chi connectivity index (χ2n) is 5.93. The van der Waals surface area contributed by atoms with Gasteiger partial charge in [-0.1, -0.05) is 18.2 Å². The summed E-state index contributed by atoms with van der Waals surface area (Å²) in [4.78, 5) is 6.52. The molecule has 10 heteroatoms. The number of ether oxygens (including phenoxy) is 2. The molecular weight excluding hydrogens is 488 g/mol. The first-order chi connectivity index (χ1) is 12.9. The van der Waals surface area contributed by atoms with Gasteiger partial charge in [-0.05, 0) is 26.5 Å². The van der Waals surface area contributed by atoms with Crippen molar-refractivity contribution >= 4 is 29.9 Å². The average molecular weight is 518 g/mol. The summed E-state index contributed by atoms with van der Waals surface area (Å²) in [6.07, 6.45) is -3.77. The van der Waals surface area contributed by atoms with Crippen LogP contribution in [-0.2, 0) is 11.3 Å². The predicted octanol–water partition coefficient (Wildman–Crippen LogP) is 3.23. The molecule has 0 aliphatic carbocycles. The van der Waals surface area contributed by atoms with Crippen LogP contribution >= 0.6 is 24.0 Å². The third-order valence-electron chi connectivity index (χ3n) is 3.62. The lowest BCUT2D eigenvalue weighted by atomic mass is 10.2. The van der Waals surface area contributed by atoms with E-state index in [2.05, 4.69) is 25.3 Å². The fourth-order valence-electron chi connectivity index (χ4n) is 2.32. The molecule has 6 nitrogen and oxygen atoms in total. The molecule has 0 amide bonds. The Labute approximate surface area is 181 Å². The Hall–Kier alpha value is -1.27. The van der Waals surface area contributed by atoms with Crippen molar-refractivity contribution in [2.45, 2.75) is 26.3 Å². The van der Waals surface area contributed by atoms with Crippen molar-refractivity contribution in [3.63, 3.8) is 0 Å². The number of halogens is 4. The Morgan fingerprint density at radius 2 is 1.89 bits per heavy atom. The van der Waals surface area contributed by atoms with E-state index in [0.29, 0.717) is 24.6 Å². The lowest BCUT2D eigenvalue weighted by Crippen LogP contribution is -2.41. The quantitative estimate of drug-likeness (QED) is 0.204. The van der Waals surface area contributed by atoms with Gasteiger partial charge in [0.2, 0.25) is 0 Å². The number of rotatable bonds is 11. The van der Waals surface area contributed by atoms with Crippen molar-refractivity contribution in [1.29, 1.82) is 0 Å². The van der Waals surface area contributed by atoms with Crippen LogP contribution < -0.4 is 15.4 Å². The molecule has 0 heterocycles. The van der Waals surface area contributed by atoms with Crippen LogP contribution in [-0.4, -0.2) is 64.2 Å². The van der Waals surface area contributed by atoms with Crippen LogP contribution in [0.4, 0.5) is 13.2 Å². The van der Waals surface area contributed by atoms with E-state index in [-0.39, 0.29) is 36.3 Å². The fourth-order valence-corrected chi connectivity index (χ4v) is 2.32. The largest absolute Gasteiger partial charge is 0.573 e. The molecule has 1 aromatic rings. The highest BCUT2D eigenvalue weighted by Crippen LogP contribution is 2.26. The molecule has 1 rings (SSSR count). The van der Waals surface area contributed by atoms with E-state index < -0.39 is 6.36 Å². The van der Waals surface area contributed by atoms with Crippen LogP contribution in [0.1, 0.15) is 18.9 Å². The number of benzene rings is 1. The number of hydrogen-bond acceptors (Lipinski definition) is 4. The number of methoxy groups -OCH3 is 1. The molecule has 28 heavy (non-hydrogen) atoms. The van der Waals surface area contributed by atoms with Gasteiger partial charge in [0.25, 0.3) is 0 Å². The highest BCUT2D eigenvalue weighted by atomic mass is 127. The SMILES string of the molecule is CCNC(=NCc1ccccc1OC(F)(F)F)NCCN(C)CCCOC.I. The summed E-state index contributed by atoms with van der Waals surface area (Å²) < 4.78 is 46.6. The smallest absolute Gasteiger partial charge is 0.405 e. The molecule has 0 spiro atoms. The Morgan fingerprint density at radius 3 is 2.54 bits per heavy atom. The van der Waals surface area contributed by atoms with E-state index in [0.717, 1.165) is 26.1 Å². The minimum absolute atomic E-state index is 0. The van der Waals surface area contributed by atoms with E-state index in [1.54, 1.807) is 19.2 Å². The predicted molar refractivity (Wildman–Crippen MR) is 115 cm³/mol. The van der Waals surface area contributed by atoms with Crippen LogP contribution in [0.5, 0.6) is 5.75 Å². The van der Waals surface area contributed by atoms with Gasteiger partial charge in [0.1, 0.15) is 5.75 Å². The Morgan fingerprint density at radius 1 is 1.18 bits per heavy atom. The second kappa shape index (κ2) is 14.7. The normalized spacial score (nSPS) is 11.9. The van der Waals surface area contributed by atoms with Crippen molar-refractivity contribution in [2.75, 3.05) is 46.9 Å². The number of hydrogen-bond donors (Lipinski definition) is 2. The Bertz CT molecular complexity index is 574. The number of nitrogens with zero attached hydrogens (tertiary/aromatic N) is 2. The monoisotopic (exact) mass is 518 g/mol. The third kappa shape index (κ3) is 12.2. The van der Waals surface area contributed by atoms with Gasteiger partial charge in [-0.3, -0.25) is 0 Å². The van der Waals surface area contributed by atoms with Crippen LogP contribution in [0.2, 0.25) is 0 Å². The van der Waals surface area contributed by atoms with Gasteiger partial charge >= 0.3 is 6.36 Å². The molecule has 0 saturated heterocycles. The number of alkyl halides is 3. The topological polar surface area (TPSA) is 58.1 Å². The summed E-state index contributed by atoms with van der Waals surface area (Å²) in [5.41, 5.74) is 0.365. The molecule has 0 aliphatic rings. The number of guanidine groups is 1. The fraction of sp³-hybridized carbons (Fsp3) is 0.611. The maximum atomic E-state index is 12.5. The number of aliphatic imine (C=N–C) groups is 1. The standard InChI is InChI=1S/C18H29F3N4O2.HI/c1-4-22-17(23-10-12-25(2)11-7-13-26-3)24-14-15-8-5-6-9-16(15)27-18(19,20)21;/h5-6,8-9H,4,7,10-14H2,1-3H3,(H2,22,23,24);1H. The Balaban J connectivity index is 0.00000729. The summed E-state index contributed by atoms with van der Waals surface area (Å²) in [6.45, 7) is 5.76. The number of para-hydroxylation sites is 1. The molecular formula is C18H30F3IN4O2. The molecule has 0 unspecified atom stereocenters. The maximum absolute atomic E-state index is 12.5. The van der Waals surface area contributed by atoms with Gasteiger partial charge in [-0.15, -0.1) is 37.1 Å². The van der Waals surface area contributed by atoms with Crippen molar-refractivity contribution in [3.8, 4) is 5.75 Å². The van der Waals surface area contributed by atoms with E-state index in [9.17, 15) is 13.2 Å². The van der Waals surface area contributed by atoms with Gasteiger partial charge in [0, 0.05) is 45.5 Å². The molecule has 0 fully saturated rings. The zero-order valence-electron chi connectivity index (χ0n) is 16.5. The third-order valence-corrected chi connectivity index (χ3v) is 3.62. The minimum atomic E-state index is -4.73. The van der Waals surface area contributed by atoms with E-state index >= 15 is 0 Å². The van der Waals surface area contributed by atoms with Crippen molar-refractivity contribution < 1.29 is 22.6 Å². The maximum Gasteiger partial charge on any atom is 0.573 e. The van der Waals surface area contributed by atoms with Gasteiger partial charge in [0.15, 0.2) is 5.96 Å². The zero-order valence-corrected chi connectivity index (χ0v) is 18.8. The average Bonchev–Trinajstić information content (AvgIpc) is 2.59. The van der Waals surface area contributed by atoms with Crippen LogP contribution in [0.15, 0.2) is 29.3 Å². The van der Waals surface area contributed by atoms with E-state index in [1.165, 1.54) is 12.1 Å². The zero-order chi connectivity index (χ0) is 20.1. The molecule has 0 atom stereocenters. The van der Waals surface area contributed by atoms with Gasteiger partial charge in [-0.2, -0.15) is 0 Å². The first-order valence-corrected chi connectivity index (χ1v) is 8.89. The number of likely N-dealkylation sites (N-methyl/N-ethyl adjacent to an activating group) is 1. The van der Waals surface area contributed by atoms with Crippen molar-refractivity contribution in [2.24, 2.45) is 4.99 Å². The van der Waals surface area contributed by atoms with Crippen LogP contribution in [0.25, 0.3) is 0 Å². The second-order valence-corrected chi connectivity index (χ2v) is 5.93. The van der Waals surface area contributed by atoms with E-state index in [1.807, 2.05) is 14.0 Å². The van der Waals surface area contributed by atoms with Gasteiger partial charge in [0.05, 0.1) is 6.54 Å². The van der Waals surface area contributed by atoms with Crippen molar-refractivity contribution in [3.05, 3.63) is 29.8 Å². The summed E-state index contributed by atoms with van der Waals surface area (Å²) in [5.74, 6) is 0.312. The van der Waals surface area contributed by atoms with E-state index in [4.69, 9.17) is 4.74 Å². The molecule has 0 bridgehead atoms. The lowest BCUT2D eigenvalue weighted by Gasteiger charge is -2.18. The molecule has 2 N–H and O–H groups in total. The molecule has 1 aromatic carbocycles. The van der Waals surface area contributed by atoms with Crippen molar-refractivity contribution in [1.82, 2.24) is 15.5 Å². The summed E-state index contributed by atoms with van der Waals surface area (Å²) in [7, 11) is 3.70. The van der Waals surface area contributed by atoms with Crippen LogP contribution in [0.3, 0.4) is 0 Å². The number of nitrogens with one attached hydrogen (secondary N) is 2. The lowest BCUT2D eigenvalue weighted by molar-refractivity contribution is -0.274. The Kier molecular flexibility index (Phi) is 14.0. The van der Waals surface area contributed by atoms with Gasteiger partial charge in [-0.25, -0.2) is 4.99 Å². The molecule has 0 aliphatic heterocycles. The minimum Gasteiger partial charge on any atom is -0.405 e. The van der Waals surface area contributed by atoms with Crippen LogP contribution in [0, 0.1) is 0 Å². The first-order valence-electron chi connectivity index (χ1n) is 8.89. The highest BCUT2D eigenvalue weighted by molar-refractivity contribution is 14.0. The summed E-state index contributed by atoms with van der Waals surface area (Å²) in [5, 5.41) is 6.27. The molecule has 162 valence electrons.